The van der Waals surface area contributed by atoms with Gasteiger partial charge in [0.05, 0.1) is 16.8 Å². The summed E-state index contributed by atoms with van der Waals surface area (Å²) in [6.45, 7) is 0. The third-order valence-corrected chi connectivity index (χ3v) is 14.2. The van der Waals surface area contributed by atoms with E-state index in [2.05, 4.69) is 212 Å². The van der Waals surface area contributed by atoms with E-state index in [-0.39, 0.29) is 0 Å². The van der Waals surface area contributed by atoms with Gasteiger partial charge < -0.3 is 0 Å². The molecule has 2 nitrogen and oxygen atoms in total. The number of benzene rings is 9. The first-order valence-electron chi connectivity index (χ1n) is 21.2. The van der Waals surface area contributed by atoms with Gasteiger partial charge in [0.15, 0.2) is 5.82 Å². The summed E-state index contributed by atoms with van der Waals surface area (Å²) in [5, 5.41) is 2.60. The fourth-order valence-corrected chi connectivity index (χ4v) is 11.5. The van der Waals surface area contributed by atoms with Crippen LogP contribution >= 0.6 is 11.3 Å². The molecule has 1 spiro atoms. The molecule has 0 radical (unpaired) electrons. The quantitative estimate of drug-likeness (QED) is 0.173. The number of thiophene rings is 1. The molecule has 0 bridgehead atoms. The molecule has 0 saturated heterocycles. The van der Waals surface area contributed by atoms with E-state index in [4.69, 9.17) is 9.97 Å². The second-order valence-electron chi connectivity index (χ2n) is 16.4. The molecule has 288 valence electrons. The van der Waals surface area contributed by atoms with Crippen LogP contribution in [0.15, 0.2) is 218 Å². The lowest BCUT2D eigenvalue weighted by Gasteiger charge is -2.30. The van der Waals surface area contributed by atoms with E-state index in [0.29, 0.717) is 5.82 Å². The zero-order chi connectivity index (χ0) is 40.8. The molecule has 0 aliphatic heterocycles. The summed E-state index contributed by atoms with van der Waals surface area (Å²) in [6.07, 6.45) is 0. The van der Waals surface area contributed by atoms with Gasteiger partial charge in [-0.1, -0.05) is 176 Å². The van der Waals surface area contributed by atoms with Crippen molar-refractivity contribution in [3.63, 3.8) is 0 Å². The molecular formula is C59H36N2S. The highest BCUT2D eigenvalue weighted by molar-refractivity contribution is 7.25. The summed E-state index contributed by atoms with van der Waals surface area (Å²) in [4.78, 5) is 10.8. The minimum atomic E-state index is -0.443. The maximum absolute atomic E-state index is 5.38. The largest absolute Gasteiger partial charge is 0.228 e. The summed E-state index contributed by atoms with van der Waals surface area (Å²) in [5.74, 6) is 0.700. The van der Waals surface area contributed by atoms with Crippen LogP contribution in [0, 0.1) is 0 Å². The van der Waals surface area contributed by atoms with Gasteiger partial charge in [-0.2, -0.15) is 0 Å². The molecule has 2 aliphatic carbocycles. The molecule has 13 rings (SSSR count). The minimum Gasteiger partial charge on any atom is -0.228 e. The standard InChI is InChI=1S/C59H36N2S/c1-3-15-37(16-4-1)41-31-42(39-27-30-49-48-22-10-14-26-56(48)62-57(49)35-39)33-43(32-41)55-36-54(60-58(61-55)38-17-5-2-6-18-38)40-28-29-47-46-21-9-13-25-52(46)59(53(47)34-40)50-23-11-7-19-44(50)45-20-8-12-24-51(45)59/h1-36H. The van der Waals surface area contributed by atoms with E-state index in [1.54, 1.807) is 0 Å². The number of hydrogen-bond acceptors (Lipinski definition) is 3. The van der Waals surface area contributed by atoms with Crippen molar-refractivity contribution in [1.82, 2.24) is 9.97 Å². The predicted octanol–water partition coefficient (Wildman–Crippen LogP) is 15.5. The minimum absolute atomic E-state index is 0.443. The number of hydrogen-bond donors (Lipinski definition) is 0. The molecule has 0 saturated carbocycles. The van der Waals surface area contributed by atoms with Gasteiger partial charge in [0, 0.05) is 36.9 Å². The van der Waals surface area contributed by atoms with Crippen LogP contribution in [0.3, 0.4) is 0 Å². The Morgan fingerprint density at radius 3 is 1.47 bits per heavy atom. The molecule has 2 aliphatic rings. The Morgan fingerprint density at radius 2 is 0.790 bits per heavy atom. The Morgan fingerprint density at radius 1 is 0.290 bits per heavy atom. The summed E-state index contributed by atoms with van der Waals surface area (Å²) >= 11 is 1.85. The first-order chi connectivity index (χ1) is 30.7. The Kier molecular flexibility index (Phi) is 7.72. The molecular weight excluding hydrogens is 769 g/mol. The van der Waals surface area contributed by atoms with Crippen LogP contribution in [-0.4, -0.2) is 9.97 Å². The Hall–Kier alpha value is -7.72. The molecule has 2 heterocycles. The molecule has 11 aromatic rings. The fourth-order valence-electron chi connectivity index (χ4n) is 10.4. The molecule has 0 amide bonds. The fraction of sp³-hybridized carbons (Fsp3) is 0.0169. The van der Waals surface area contributed by atoms with E-state index < -0.39 is 5.41 Å². The number of aromatic nitrogens is 2. The molecule has 0 N–H and O–H groups in total. The van der Waals surface area contributed by atoms with Crippen molar-refractivity contribution in [1.29, 1.82) is 0 Å². The van der Waals surface area contributed by atoms with Crippen molar-refractivity contribution in [3.8, 4) is 78.4 Å². The van der Waals surface area contributed by atoms with Crippen molar-refractivity contribution in [2.45, 2.75) is 5.41 Å². The molecule has 9 aromatic carbocycles. The summed E-state index contributed by atoms with van der Waals surface area (Å²) < 4.78 is 2.60. The molecule has 0 unspecified atom stereocenters. The van der Waals surface area contributed by atoms with Crippen molar-refractivity contribution >= 4 is 31.5 Å². The van der Waals surface area contributed by atoms with E-state index in [0.717, 1.165) is 44.8 Å². The number of rotatable bonds is 5. The lowest BCUT2D eigenvalue weighted by Crippen LogP contribution is -2.25. The van der Waals surface area contributed by atoms with Crippen LogP contribution in [0.4, 0.5) is 0 Å². The highest BCUT2D eigenvalue weighted by Crippen LogP contribution is 2.63. The highest BCUT2D eigenvalue weighted by Gasteiger charge is 2.51. The Labute approximate surface area is 364 Å². The molecule has 62 heavy (non-hydrogen) atoms. The maximum Gasteiger partial charge on any atom is 0.160 e. The molecule has 0 atom stereocenters. The first-order valence-corrected chi connectivity index (χ1v) is 22.0. The van der Waals surface area contributed by atoms with Crippen LogP contribution in [0.1, 0.15) is 22.3 Å². The third kappa shape index (κ3) is 5.22. The van der Waals surface area contributed by atoms with Crippen molar-refractivity contribution in [2.75, 3.05) is 0 Å². The average molecular weight is 805 g/mol. The van der Waals surface area contributed by atoms with Gasteiger partial charge >= 0.3 is 0 Å². The van der Waals surface area contributed by atoms with Gasteiger partial charge in [-0.05, 0) is 109 Å². The first kappa shape index (κ1) is 35.1. The predicted molar refractivity (Wildman–Crippen MR) is 258 cm³/mol. The molecule has 3 heteroatoms. The van der Waals surface area contributed by atoms with E-state index in [1.165, 1.54) is 70.2 Å². The maximum atomic E-state index is 5.38. The normalized spacial score (nSPS) is 13.0. The smallest absolute Gasteiger partial charge is 0.160 e. The molecule has 2 aromatic heterocycles. The van der Waals surface area contributed by atoms with Crippen LogP contribution in [0.5, 0.6) is 0 Å². The zero-order valence-corrected chi connectivity index (χ0v) is 34.4. The van der Waals surface area contributed by atoms with Crippen LogP contribution in [0.25, 0.3) is 98.6 Å². The second-order valence-corrected chi connectivity index (χ2v) is 17.5. The average Bonchev–Trinajstić information content (AvgIpc) is 3.98. The van der Waals surface area contributed by atoms with E-state index in [1.807, 2.05) is 17.4 Å². The molecule has 0 fully saturated rings. The SMILES string of the molecule is c1ccc(-c2cc(-c3ccc4c(c3)sc3ccccc34)cc(-c3cc(-c4ccc5c(c4)C4(c6ccccc6-c6ccccc64)c4ccccc4-5)nc(-c4ccccc4)n3)c2)cc1. The summed E-state index contributed by atoms with van der Waals surface area (Å²) in [6, 6.07) is 79.7. The third-order valence-electron chi connectivity index (χ3n) is 13.1. The topological polar surface area (TPSA) is 25.8 Å². The van der Waals surface area contributed by atoms with Gasteiger partial charge in [0.2, 0.25) is 0 Å². The van der Waals surface area contributed by atoms with Crippen molar-refractivity contribution in [2.24, 2.45) is 0 Å². The van der Waals surface area contributed by atoms with Crippen LogP contribution in [-0.2, 0) is 5.41 Å². The van der Waals surface area contributed by atoms with Crippen molar-refractivity contribution < 1.29 is 0 Å². The van der Waals surface area contributed by atoms with Gasteiger partial charge in [0.25, 0.3) is 0 Å². The summed E-state index contributed by atoms with van der Waals surface area (Å²) in [5.41, 5.74) is 19.5. The lowest BCUT2D eigenvalue weighted by molar-refractivity contribution is 0.794. The van der Waals surface area contributed by atoms with Gasteiger partial charge in [-0.15, -0.1) is 11.3 Å². The van der Waals surface area contributed by atoms with E-state index in [9.17, 15) is 0 Å². The van der Waals surface area contributed by atoms with E-state index >= 15 is 0 Å². The highest BCUT2D eigenvalue weighted by atomic mass is 32.1. The summed E-state index contributed by atoms with van der Waals surface area (Å²) in [7, 11) is 0. The number of nitrogens with zero attached hydrogens (tertiary/aromatic N) is 2. The zero-order valence-electron chi connectivity index (χ0n) is 33.6. The van der Waals surface area contributed by atoms with Gasteiger partial charge in [-0.3, -0.25) is 0 Å². The second kappa shape index (κ2) is 13.7. The van der Waals surface area contributed by atoms with Gasteiger partial charge in [0.1, 0.15) is 0 Å². The van der Waals surface area contributed by atoms with Crippen LogP contribution < -0.4 is 0 Å². The number of fused-ring (bicyclic) bond motifs is 13. The van der Waals surface area contributed by atoms with Crippen molar-refractivity contribution in [3.05, 3.63) is 241 Å². The lowest BCUT2D eigenvalue weighted by atomic mass is 9.70. The van der Waals surface area contributed by atoms with Gasteiger partial charge in [-0.25, -0.2) is 9.97 Å². The van der Waals surface area contributed by atoms with Crippen LogP contribution in [0.2, 0.25) is 0 Å². The Bertz CT molecular complexity index is 3520. The Balaban J connectivity index is 1.03. The monoisotopic (exact) mass is 804 g/mol.